The fourth-order valence-corrected chi connectivity index (χ4v) is 3.52. The summed E-state index contributed by atoms with van der Waals surface area (Å²) < 4.78 is 17.6. The molecule has 2 aromatic carbocycles. The highest BCUT2D eigenvalue weighted by molar-refractivity contribution is 7.99. The summed E-state index contributed by atoms with van der Waals surface area (Å²) in [6.07, 6.45) is 1.80. The Kier molecular flexibility index (Phi) is 6.66. The van der Waals surface area contributed by atoms with Crippen LogP contribution in [0.5, 0.6) is 17.2 Å². The summed E-state index contributed by atoms with van der Waals surface area (Å²) in [4.78, 5) is 16.8. The van der Waals surface area contributed by atoms with E-state index < -0.39 is 0 Å². The van der Waals surface area contributed by atoms with Gasteiger partial charge in [-0.25, -0.2) is 4.98 Å². The van der Waals surface area contributed by atoms with Crippen LogP contribution in [0.15, 0.2) is 53.8 Å². The minimum Gasteiger partial charge on any atom is -0.497 e. The van der Waals surface area contributed by atoms with Crippen molar-refractivity contribution in [2.45, 2.75) is 5.16 Å². The predicted octanol–water partition coefficient (Wildman–Crippen LogP) is 3.84. The second-order valence-electron chi connectivity index (χ2n) is 6.15. The topological polar surface area (TPSA) is 74.6 Å². The fraction of sp³-hybridized carbons (Fsp3) is 0.238. The van der Waals surface area contributed by atoms with Gasteiger partial charge in [-0.3, -0.25) is 4.79 Å². The van der Waals surface area contributed by atoms with Crippen LogP contribution in [0.2, 0.25) is 0 Å². The van der Waals surface area contributed by atoms with Crippen molar-refractivity contribution >= 4 is 23.4 Å². The lowest BCUT2D eigenvalue weighted by Gasteiger charge is -2.10. The quantitative estimate of drug-likeness (QED) is 0.566. The predicted molar refractivity (Wildman–Crippen MR) is 114 cm³/mol. The van der Waals surface area contributed by atoms with Crippen molar-refractivity contribution in [3.63, 3.8) is 0 Å². The van der Waals surface area contributed by atoms with E-state index in [4.69, 9.17) is 14.2 Å². The summed E-state index contributed by atoms with van der Waals surface area (Å²) in [7, 11) is 6.70. The molecule has 1 heterocycles. The second kappa shape index (κ2) is 9.38. The number of anilines is 1. The van der Waals surface area contributed by atoms with Crippen molar-refractivity contribution in [1.29, 1.82) is 0 Å². The Balaban J connectivity index is 1.64. The molecule has 0 atom stereocenters. The number of amides is 1. The summed E-state index contributed by atoms with van der Waals surface area (Å²) in [5.74, 6) is 2.11. The van der Waals surface area contributed by atoms with E-state index in [0.29, 0.717) is 17.2 Å². The SMILES string of the molecule is COc1ccc(-c2cnc(SCC(=O)Nc3cc(OC)cc(OC)c3)n2C)cc1. The smallest absolute Gasteiger partial charge is 0.234 e. The second-order valence-corrected chi connectivity index (χ2v) is 7.09. The maximum atomic E-state index is 12.4. The Labute approximate surface area is 174 Å². The monoisotopic (exact) mass is 413 g/mol. The fourth-order valence-electron chi connectivity index (χ4n) is 2.76. The third kappa shape index (κ3) is 5.03. The van der Waals surface area contributed by atoms with Gasteiger partial charge in [0, 0.05) is 36.5 Å². The zero-order valence-corrected chi connectivity index (χ0v) is 17.6. The van der Waals surface area contributed by atoms with Crippen molar-refractivity contribution in [3.05, 3.63) is 48.7 Å². The highest BCUT2D eigenvalue weighted by Gasteiger charge is 2.12. The van der Waals surface area contributed by atoms with Crippen LogP contribution in [0.1, 0.15) is 0 Å². The lowest BCUT2D eigenvalue weighted by molar-refractivity contribution is -0.113. The van der Waals surface area contributed by atoms with E-state index in [0.717, 1.165) is 22.2 Å². The zero-order valence-electron chi connectivity index (χ0n) is 16.8. The van der Waals surface area contributed by atoms with Gasteiger partial charge in [-0.15, -0.1) is 0 Å². The van der Waals surface area contributed by atoms with E-state index in [2.05, 4.69) is 10.3 Å². The largest absolute Gasteiger partial charge is 0.497 e. The molecule has 0 aliphatic rings. The standard InChI is InChI=1S/C21H23N3O4S/c1-24-19(14-5-7-16(26-2)8-6-14)12-22-21(24)29-13-20(25)23-15-9-17(27-3)11-18(10-15)28-4/h5-12H,13H2,1-4H3,(H,23,25). The van der Waals surface area contributed by atoms with E-state index >= 15 is 0 Å². The molecule has 1 aromatic heterocycles. The molecule has 0 radical (unpaired) electrons. The molecule has 0 bridgehead atoms. The number of benzene rings is 2. The molecule has 8 heteroatoms. The van der Waals surface area contributed by atoms with Gasteiger partial charge in [0.1, 0.15) is 17.2 Å². The van der Waals surface area contributed by atoms with Crippen LogP contribution in [-0.4, -0.2) is 42.5 Å². The lowest BCUT2D eigenvalue weighted by atomic mass is 10.1. The summed E-state index contributed by atoms with van der Waals surface area (Å²) in [5.41, 5.74) is 2.61. The Morgan fingerprint density at radius 1 is 1.00 bits per heavy atom. The number of carbonyl (C=O) groups excluding carboxylic acids is 1. The summed E-state index contributed by atoms with van der Waals surface area (Å²) >= 11 is 1.37. The van der Waals surface area contributed by atoms with E-state index in [1.54, 1.807) is 45.7 Å². The summed E-state index contributed by atoms with van der Waals surface area (Å²) in [6, 6.07) is 13.0. The number of aromatic nitrogens is 2. The molecule has 0 saturated heterocycles. The lowest BCUT2D eigenvalue weighted by Crippen LogP contribution is -2.14. The van der Waals surface area contributed by atoms with Crippen molar-refractivity contribution in [1.82, 2.24) is 9.55 Å². The number of nitrogens with zero attached hydrogens (tertiary/aromatic N) is 2. The molecular formula is C21H23N3O4S. The van der Waals surface area contributed by atoms with E-state index in [9.17, 15) is 4.79 Å². The minimum absolute atomic E-state index is 0.140. The maximum absolute atomic E-state index is 12.4. The number of carbonyl (C=O) groups is 1. The average molecular weight is 413 g/mol. The van der Waals surface area contributed by atoms with Gasteiger partial charge in [-0.1, -0.05) is 11.8 Å². The van der Waals surface area contributed by atoms with Crippen molar-refractivity contribution in [2.24, 2.45) is 7.05 Å². The highest BCUT2D eigenvalue weighted by atomic mass is 32.2. The van der Waals surface area contributed by atoms with Crippen molar-refractivity contribution < 1.29 is 19.0 Å². The van der Waals surface area contributed by atoms with E-state index in [1.807, 2.05) is 35.9 Å². The molecule has 0 spiro atoms. The number of nitrogens with one attached hydrogen (secondary N) is 1. The highest BCUT2D eigenvalue weighted by Crippen LogP contribution is 2.28. The normalized spacial score (nSPS) is 10.5. The van der Waals surface area contributed by atoms with Gasteiger partial charge in [-0.2, -0.15) is 0 Å². The number of imidazole rings is 1. The molecule has 1 N–H and O–H groups in total. The van der Waals surface area contributed by atoms with Gasteiger partial charge in [0.25, 0.3) is 0 Å². The molecule has 3 aromatic rings. The van der Waals surface area contributed by atoms with Crippen LogP contribution in [0.4, 0.5) is 5.69 Å². The first kappa shape index (κ1) is 20.6. The van der Waals surface area contributed by atoms with Crippen LogP contribution in [-0.2, 0) is 11.8 Å². The molecule has 1 amide bonds. The third-order valence-corrected chi connectivity index (χ3v) is 5.34. The zero-order chi connectivity index (χ0) is 20.8. The summed E-state index contributed by atoms with van der Waals surface area (Å²) in [6.45, 7) is 0. The Hall–Kier alpha value is -3.13. The van der Waals surface area contributed by atoms with Gasteiger partial charge < -0.3 is 24.1 Å². The number of thioether (sulfide) groups is 1. The van der Waals surface area contributed by atoms with Crippen LogP contribution in [0.3, 0.4) is 0 Å². The number of ether oxygens (including phenoxy) is 3. The van der Waals surface area contributed by atoms with Gasteiger partial charge in [0.15, 0.2) is 5.16 Å². The number of methoxy groups -OCH3 is 3. The minimum atomic E-state index is -0.140. The first-order valence-corrected chi connectivity index (χ1v) is 9.84. The molecule has 7 nitrogen and oxygen atoms in total. The molecule has 152 valence electrons. The first-order chi connectivity index (χ1) is 14.0. The molecule has 3 rings (SSSR count). The molecule has 29 heavy (non-hydrogen) atoms. The van der Waals surface area contributed by atoms with Crippen molar-refractivity contribution in [2.75, 3.05) is 32.4 Å². The van der Waals surface area contributed by atoms with Crippen LogP contribution in [0, 0.1) is 0 Å². The van der Waals surface area contributed by atoms with Gasteiger partial charge >= 0.3 is 0 Å². The Morgan fingerprint density at radius 2 is 1.62 bits per heavy atom. The van der Waals surface area contributed by atoms with Crippen molar-refractivity contribution in [3.8, 4) is 28.5 Å². The van der Waals surface area contributed by atoms with Crippen LogP contribution < -0.4 is 19.5 Å². The maximum Gasteiger partial charge on any atom is 0.234 e. The first-order valence-electron chi connectivity index (χ1n) is 8.86. The third-order valence-electron chi connectivity index (χ3n) is 4.30. The number of hydrogen-bond donors (Lipinski definition) is 1. The Bertz CT molecular complexity index is 964. The number of hydrogen-bond acceptors (Lipinski definition) is 6. The van der Waals surface area contributed by atoms with Gasteiger partial charge in [0.05, 0.1) is 39.0 Å². The van der Waals surface area contributed by atoms with E-state index in [-0.39, 0.29) is 11.7 Å². The van der Waals surface area contributed by atoms with Gasteiger partial charge in [-0.05, 0) is 24.3 Å². The molecule has 0 fully saturated rings. The van der Waals surface area contributed by atoms with Gasteiger partial charge in [0.2, 0.25) is 5.91 Å². The average Bonchev–Trinajstić information content (AvgIpc) is 3.12. The molecular weight excluding hydrogens is 390 g/mol. The molecule has 0 unspecified atom stereocenters. The Morgan fingerprint density at radius 3 is 2.21 bits per heavy atom. The molecule has 0 aliphatic heterocycles. The summed E-state index contributed by atoms with van der Waals surface area (Å²) in [5, 5.41) is 3.62. The van der Waals surface area contributed by atoms with Crippen LogP contribution in [0.25, 0.3) is 11.3 Å². The van der Waals surface area contributed by atoms with Crippen LogP contribution >= 0.6 is 11.8 Å². The molecule has 0 saturated carbocycles. The number of rotatable bonds is 8. The molecule has 0 aliphatic carbocycles. The van der Waals surface area contributed by atoms with E-state index in [1.165, 1.54) is 11.8 Å².